The minimum Gasteiger partial charge on any atom is -0.244 e. The fourth-order valence-electron chi connectivity index (χ4n) is 1.70. The average molecular weight is 294 g/mol. The molecule has 0 spiro atoms. The van der Waals surface area contributed by atoms with Crippen molar-refractivity contribution in [3.8, 4) is 28.7 Å². The molecule has 4 heteroatoms. The van der Waals surface area contributed by atoms with Crippen LogP contribution in [0.4, 0.5) is 4.39 Å². The Kier molecular flexibility index (Phi) is 4.21. The zero-order valence-electron chi connectivity index (χ0n) is 12.2. The maximum Gasteiger partial charge on any atom is 0.156 e. The van der Waals surface area contributed by atoms with Gasteiger partial charge in [0.05, 0.1) is 5.56 Å². The third-order valence-electron chi connectivity index (χ3n) is 2.74. The predicted molar refractivity (Wildman–Crippen MR) is 84.6 cm³/mol. The molecule has 0 bridgehead atoms. The van der Waals surface area contributed by atoms with E-state index in [0.717, 1.165) is 11.1 Å². The Morgan fingerprint density at radius 2 is 1.76 bits per heavy atom. The van der Waals surface area contributed by atoms with Crippen LogP contribution in [-0.4, -0.2) is 13.1 Å². The van der Waals surface area contributed by atoms with Gasteiger partial charge in [-0.25, -0.2) is 9.37 Å². The Hall–Kier alpha value is -2.43. The lowest BCUT2D eigenvalue weighted by molar-refractivity contribution is 0.628. The summed E-state index contributed by atoms with van der Waals surface area (Å²) in [7, 11) is -1.53. The number of aromatic nitrogens is 1. The molecule has 1 aromatic carbocycles. The van der Waals surface area contributed by atoms with Crippen molar-refractivity contribution < 1.29 is 4.39 Å². The number of nitriles is 1. The lowest BCUT2D eigenvalue weighted by Gasteiger charge is -2.05. The summed E-state index contributed by atoms with van der Waals surface area (Å²) < 4.78 is 13.0. The van der Waals surface area contributed by atoms with E-state index in [1.165, 1.54) is 12.1 Å². The first-order chi connectivity index (χ1) is 9.89. The van der Waals surface area contributed by atoms with Gasteiger partial charge in [-0.1, -0.05) is 37.7 Å². The van der Waals surface area contributed by atoms with Crippen molar-refractivity contribution in [2.75, 3.05) is 0 Å². The average Bonchev–Trinajstić information content (AvgIpc) is 2.45. The molecule has 0 fully saturated rings. The molecule has 2 aromatic rings. The van der Waals surface area contributed by atoms with Crippen LogP contribution in [0, 0.1) is 28.6 Å². The molecular formula is C17H15FN2Si. The van der Waals surface area contributed by atoms with Gasteiger partial charge in [0.1, 0.15) is 20.0 Å². The van der Waals surface area contributed by atoms with Crippen LogP contribution >= 0.6 is 0 Å². The van der Waals surface area contributed by atoms with Gasteiger partial charge in [0.25, 0.3) is 0 Å². The van der Waals surface area contributed by atoms with E-state index >= 15 is 0 Å². The molecule has 0 unspecified atom stereocenters. The predicted octanol–water partition coefficient (Wildman–Crippen LogP) is 3.99. The molecule has 2 nitrogen and oxygen atoms in total. The third-order valence-corrected chi connectivity index (χ3v) is 3.62. The quantitative estimate of drug-likeness (QED) is 0.589. The number of rotatable bonds is 1. The smallest absolute Gasteiger partial charge is 0.156 e. The molecule has 0 N–H and O–H groups in total. The van der Waals surface area contributed by atoms with Crippen LogP contribution in [0.5, 0.6) is 0 Å². The molecule has 21 heavy (non-hydrogen) atoms. The Bertz CT molecular complexity index is 757. The van der Waals surface area contributed by atoms with E-state index in [1.54, 1.807) is 18.3 Å². The topological polar surface area (TPSA) is 36.7 Å². The summed E-state index contributed by atoms with van der Waals surface area (Å²) in [5, 5.41) is 9.13. The molecule has 104 valence electrons. The van der Waals surface area contributed by atoms with E-state index in [2.05, 4.69) is 42.2 Å². The van der Waals surface area contributed by atoms with Gasteiger partial charge in [-0.3, -0.25) is 0 Å². The van der Waals surface area contributed by atoms with Crippen molar-refractivity contribution in [1.29, 1.82) is 5.26 Å². The number of pyridine rings is 1. The van der Waals surface area contributed by atoms with Gasteiger partial charge in [-0.15, -0.1) is 5.54 Å². The van der Waals surface area contributed by atoms with Gasteiger partial charge in [-0.2, -0.15) is 5.26 Å². The molecule has 0 aliphatic carbocycles. The van der Waals surface area contributed by atoms with Gasteiger partial charge in [0.2, 0.25) is 0 Å². The molecule has 0 aliphatic heterocycles. The van der Waals surface area contributed by atoms with Crippen molar-refractivity contribution >= 4 is 8.07 Å². The van der Waals surface area contributed by atoms with Gasteiger partial charge in [-0.05, 0) is 23.8 Å². The summed E-state index contributed by atoms with van der Waals surface area (Å²) >= 11 is 0. The van der Waals surface area contributed by atoms with Crippen molar-refractivity contribution in [3.63, 3.8) is 0 Å². The van der Waals surface area contributed by atoms with Crippen LogP contribution in [0.1, 0.15) is 11.3 Å². The van der Waals surface area contributed by atoms with Crippen molar-refractivity contribution in [2.45, 2.75) is 19.6 Å². The van der Waals surface area contributed by atoms with Gasteiger partial charge in [0, 0.05) is 11.8 Å². The molecule has 0 amide bonds. The zero-order chi connectivity index (χ0) is 15.5. The number of hydrogen-bond acceptors (Lipinski definition) is 2. The second-order valence-corrected chi connectivity index (χ2v) is 10.5. The fraction of sp³-hybridized carbons (Fsp3) is 0.176. The second kappa shape index (κ2) is 5.91. The minimum absolute atomic E-state index is 0.279. The highest BCUT2D eigenvalue weighted by molar-refractivity contribution is 6.83. The van der Waals surface area contributed by atoms with Crippen LogP contribution in [0.3, 0.4) is 0 Å². The fourth-order valence-corrected chi connectivity index (χ4v) is 2.21. The second-order valence-electron chi connectivity index (χ2n) is 5.74. The van der Waals surface area contributed by atoms with Crippen LogP contribution in [0.25, 0.3) is 11.1 Å². The summed E-state index contributed by atoms with van der Waals surface area (Å²) in [6.45, 7) is 6.43. The Balaban J connectivity index is 2.49. The number of hydrogen-bond donors (Lipinski definition) is 0. The largest absolute Gasteiger partial charge is 0.244 e. The van der Waals surface area contributed by atoms with E-state index in [-0.39, 0.29) is 5.82 Å². The van der Waals surface area contributed by atoms with Crippen molar-refractivity contribution in [3.05, 3.63) is 53.6 Å². The number of nitrogens with zero attached hydrogens (tertiary/aromatic N) is 2. The third kappa shape index (κ3) is 4.01. The molecule has 1 heterocycles. The molecule has 2 rings (SSSR count). The maximum atomic E-state index is 13.0. The van der Waals surface area contributed by atoms with Gasteiger partial charge < -0.3 is 0 Å². The van der Waals surface area contributed by atoms with E-state index in [1.807, 2.05) is 6.07 Å². The molecule has 0 atom stereocenters. The van der Waals surface area contributed by atoms with E-state index < -0.39 is 8.07 Å². The first-order valence-corrected chi connectivity index (χ1v) is 10.1. The summed E-state index contributed by atoms with van der Waals surface area (Å²) in [5.74, 6) is 2.80. The van der Waals surface area contributed by atoms with E-state index in [4.69, 9.17) is 5.26 Å². The molecule has 0 radical (unpaired) electrons. The SMILES string of the molecule is C[Si](C)(C)C#Cc1cc(-c2ccc(F)cc2)cnc1C#N. The maximum absolute atomic E-state index is 13.0. The van der Waals surface area contributed by atoms with Crippen LogP contribution in [0.2, 0.25) is 19.6 Å². The monoisotopic (exact) mass is 294 g/mol. The zero-order valence-corrected chi connectivity index (χ0v) is 13.2. The van der Waals surface area contributed by atoms with Gasteiger partial charge >= 0.3 is 0 Å². The normalized spacial score (nSPS) is 10.4. The molecular weight excluding hydrogens is 279 g/mol. The Morgan fingerprint density at radius 3 is 2.33 bits per heavy atom. The summed E-state index contributed by atoms with van der Waals surface area (Å²) in [6, 6.07) is 10.1. The molecule has 0 saturated heterocycles. The highest BCUT2D eigenvalue weighted by Gasteiger charge is 2.09. The molecule has 0 saturated carbocycles. The van der Waals surface area contributed by atoms with E-state index in [0.29, 0.717) is 11.3 Å². The highest BCUT2D eigenvalue weighted by Crippen LogP contribution is 2.21. The molecule has 1 aromatic heterocycles. The summed E-state index contributed by atoms with van der Waals surface area (Å²) in [4.78, 5) is 4.15. The standard InChI is InChI=1S/C17H15FN2Si/c1-21(2,3)9-8-14-10-15(12-20-17(14)11-19)13-4-6-16(18)7-5-13/h4-7,10,12H,1-3H3. The highest BCUT2D eigenvalue weighted by atomic mass is 28.3. The first-order valence-electron chi connectivity index (χ1n) is 6.58. The number of benzene rings is 1. The van der Waals surface area contributed by atoms with Gasteiger partial charge in [0.15, 0.2) is 5.69 Å². The Morgan fingerprint density at radius 1 is 1.10 bits per heavy atom. The molecule has 0 aliphatic rings. The summed E-state index contributed by atoms with van der Waals surface area (Å²) in [6.07, 6.45) is 1.62. The van der Waals surface area contributed by atoms with Crippen LogP contribution in [0.15, 0.2) is 36.5 Å². The first kappa shape index (κ1) is 15.0. The van der Waals surface area contributed by atoms with Crippen LogP contribution < -0.4 is 0 Å². The van der Waals surface area contributed by atoms with Crippen LogP contribution in [-0.2, 0) is 0 Å². The van der Waals surface area contributed by atoms with Crippen molar-refractivity contribution in [2.24, 2.45) is 0 Å². The lowest BCUT2D eigenvalue weighted by Crippen LogP contribution is -2.16. The van der Waals surface area contributed by atoms with E-state index in [9.17, 15) is 4.39 Å². The summed E-state index contributed by atoms with van der Waals surface area (Å²) in [5.41, 5.74) is 5.87. The minimum atomic E-state index is -1.53. The van der Waals surface area contributed by atoms with Crippen molar-refractivity contribution in [1.82, 2.24) is 4.98 Å². The lowest BCUT2D eigenvalue weighted by atomic mass is 10.0. The Labute approximate surface area is 125 Å². The number of halogens is 1.